The van der Waals surface area contributed by atoms with E-state index >= 15 is 0 Å². The van der Waals surface area contributed by atoms with E-state index in [0.29, 0.717) is 0 Å². The molecule has 0 aliphatic rings. The molecular formula is C8H20FN2O4P. The van der Waals surface area contributed by atoms with Crippen molar-refractivity contribution in [3.63, 3.8) is 0 Å². The second-order valence-corrected chi connectivity index (χ2v) is 4.44. The van der Waals surface area contributed by atoms with E-state index in [1.165, 1.54) is 0 Å². The predicted octanol–water partition coefficient (Wildman–Crippen LogP) is 1.70. The highest BCUT2D eigenvalue weighted by Crippen LogP contribution is 2.06. The van der Waals surface area contributed by atoms with Crippen LogP contribution in [-0.2, 0) is 13.8 Å². The molecule has 98 valence electrons. The van der Waals surface area contributed by atoms with E-state index in [-0.39, 0.29) is 19.3 Å². The monoisotopic (exact) mass is 258 g/mol. The molecule has 1 unspecified atom stereocenters. The van der Waals surface area contributed by atoms with Crippen LogP contribution in [0.5, 0.6) is 0 Å². The number of carbonyl (C=O) groups is 1. The predicted molar refractivity (Wildman–Crippen MR) is 60.5 cm³/mol. The Bertz CT molecular complexity index is 223. The fraction of sp³-hybridized carbons (Fsp3) is 0.875. The lowest BCUT2D eigenvalue weighted by Crippen LogP contribution is -2.36. The lowest BCUT2D eigenvalue weighted by atomic mass is 10.2. The zero-order valence-electron chi connectivity index (χ0n) is 9.79. The number of halogens is 1. The summed E-state index contributed by atoms with van der Waals surface area (Å²) >= 11 is 0. The van der Waals surface area contributed by atoms with Gasteiger partial charge in [-0.3, -0.25) is 4.57 Å². The lowest BCUT2D eigenvalue weighted by Gasteiger charge is -2.20. The minimum Gasteiger partial charge on any atom is -0.444 e. The molecule has 8 heteroatoms. The summed E-state index contributed by atoms with van der Waals surface area (Å²) in [5.74, 6) is 0. The van der Waals surface area contributed by atoms with E-state index in [1.54, 1.807) is 20.8 Å². The summed E-state index contributed by atoms with van der Waals surface area (Å²) in [7, 11) is -1.41. The molecular weight excluding hydrogens is 238 g/mol. The van der Waals surface area contributed by atoms with Crippen LogP contribution in [0, 0.1) is 0 Å². The van der Waals surface area contributed by atoms with Gasteiger partial charge in [-0.05, 0) is 20.8 Å². The summed E-state index contributed by atoms with van der Waals surface area (Å²) < 4.78 is 32.1. The van der Waals surface area contributed by atoms with Gasteiger partial charge >= 0.3 is 6.09 Å². The molecule has 0 spiro atoms. The molecule has 0 saturated heterocycles. The Labute approximate surface area is 95.7 Å². The fourth-order valence-electron chi connectivity index (χ4n) is 0.711. The van der Waals surface area contributed by atoms with Crippen LogP contribution in [0.2, 0.25) is 0 Å². The Morgan fingerprint density at radius 1 is 1.50 bits per heavy atom. The average Bonchev–Trinajstić information content (AvgIpc) is 2.08. The maximum absolute atomic E-state index is 12.9. The summed E-state index contributed by atoms with van der Waals surface area (Å²) in [5.41, 5.74) is -0.606. The second kappa shape index (κ2) is 8.50. The Kier molecular flexibility index (Phi) is 9.42. The molecule has 16 heavy (non-hydrogen) atoms. The largest absolute Gasteiger partial charge is 0.444 e. The number of amides is 1. The SMILES string of the molecule is CC(C)(C)OC(=O)NC[C@@H](F)CO[PH2]=O.N. The van der Waals surface area contributed by atoms with E-state index in [4.69, 9.17) is 4.74 Å². The van der Waals surface area contributed by atoms with Crippen molar-refractivity contribution >= 4 is 14.8 Å². The van der Waals surface area contributed by atoms with E-state index in [9.17, 15) is 13.8 Å². The van der Waals surface area contributed by atoms with Gasteiger partial charge in [0.15, 0.2) is 8.69 Å². The Morgan fingerprint density at radius 2 is 2.06 bits per heavy atom. The highest BCUT2D eigenvalue weighted by atomic mass is 31.1. The van der Waals surface area contributed by atoms with Crippen LogP contribution in [-0.4, -0.2) is 31.0 Å². The number of hydrogen-bond acceptors (Lipinski definition) is 5. The number of carbonyl (C=O) groups excluding carboxylic acids is 1. The van der Waals surface area contributed by atoms with Crippen molar-refractivity contribution in [3.05, 3.63) is 0 Å². The molecule has 6 nitrogen and oxygen atoms in total. The number of hydrogen-bond donors (Lipinski definition) is 2. The highest BCUT2D eigenvalue weighted by molar-refractivity contribution is 7.17. The van der Waals surface area contributed by atoms with Crippen molar-refractivity contribution in [2.24, 2.45) is 0 Å². The molecule has 2 atom stereocenters. The van der Waals surface area contributed by atoms with Crippen LogP contribution in [0.15, 0.2) is 0 Å². The number of rotatable bonds is 5. The third-order valence-corrected chi connectivity index (χ3v) is 1.54. The number of ether oxygens (including phenoxy) is 1. The van der Waals surface area contributed by atoms with Gasteiger partial charge in [0.05, 0.1) is 13.2 Å². The molecule has 0 fully saturated rings. The van der Waals surface area contributed by atoms with Crippen LogP contribution in [0.4, 0.5) is 9.18 Å². The summed E-state index contributed by atoms with van der Waals surface area (Å²) in [6.07, 6.45) is -2.06. The highest BCUT2D eigenvalue weighted by Gasteiger charge is 2.17. The number of alkyl carbamates (subject to hydrolysis) is 1. The molecule has 0 aliphatic heterocycles. The molecule has 0 aromatic carbocycles. The van der Waals surface area contributed by atoms with Crippen molar-refractivity contribution < 1.29 is 23.0 Å². The van der Waals surface area contributed by atoms with Crippen molar-refractivity contribution in [1.82, 2.24) is 11.5 Å². The van der Waals surface area contributed by atoms with Crippen molar-refractivity contribution in [2.45, 2.75) is 32.5 Å². The van der Waals surface area contributed by atoms with Crippen molar-refractivity contribution in [3.8, 4) is 0 Å². The van der Waals surface area contributed by atoms with Crippen molar-refractivity contribution in [1.29, 1.82) is 0 Å². The van der Waals surface area contributed by atoms with Crippen LogP contribution in [0.25, 0.3) is 0 Å². The Balaban J connectivity index is 0. The van der Waals surface area contributed by atoms with Gasteiger partial charge in [0.1, 0.15) is 11.8 Å². The van der Waals surface area contributed by atoms with Gasteiger partial charge in [-0.15, -0.1) is 0 Å². The number of nitrogens with one attached hydrogen (secondary N) is 1. The topological polar surface area (TPSA) is 99.6 Å². The van der Waals surface area contributed by atoms with Gasteiger partial charge < -0.3 is 20.7 Å². The van der Waals surface area contributed by atoms with E-state index in [2.05, 4.69) is 9.84 Å². The minimum atomic E-state index is -1.41. The van der Waals surface area contributed by atoms with Gasteiger partial charge in [0.25, 0.3) is 0 Å². The molecule has 4 N–H and O–H groups in total. The van der Waals surface area contributed by atoms with Crippen LogP contribution >= 0.6 is 8.69 Å². The third-order valence-electron chi connectivity index (χ3n) is 1.21. The molecule has 0 radical (unpaired) electrons. The first-order valence-electron chi connectivity index (χ1n) is 4.51. The average molecular weight is 258 g/mol. The third kappa shape index (κ3) is 11.4. The fourth-order valence-corrected chi connectivity index (χ4v) is 0.998. The second-order valence-electron chi connectivity index (χ2n) is 3.91. The van der Waals surface area contributed by atoms with Crippen LogP contribution in [0.1, 0.15) is 20.8 Å². The molecule has 0 rings (SSSR count). The van der Waals surface area contributed by atoms with Gasteiger partial charge in [-0.25, -0.2) is 9.18 Å². The summed E-state index contributed by atoms with van der Waals surface area (Å²) in [6.45, 7) is 4.64. The van der Waals surface area contributed by atoms with Gasteiger partial charge in [-0.2, -0.15) is 0 Å². The zero-order valence-corrected chi connectivity index (χ0v) is 10.9. The maximum Gasteiger partial charge on any atom is 0.407 e. The van der Waals surface area contributed by atoms with E-state index in [0.717, 1.165) is 0 Å². The molecule has 0 heterocycles. The van der Waals surface area contributed by atoms with E-state index < -0.39 is 26.6 Å². The first-order chi connectivity index (χ1) is 6.85. The Morgan fingerprint density at radius 3 is 2.50 bits per heavy atom. The summed E-state index contributed by atoms with van der Waals surface area (Å²) in [5, 5.41) is 2.24. The standard InChI is InChI=1S/C8H17FNO4P.H3N/c1-8(2,3)14-7(11)10-4-6(9)5-13-15-12;/h6H,4-5,15H2,1-3H3,(H,10,11);1H3/t6-;/m1./s1. The summed E-state index contributed by atoms with van der Waals surface area (Å²) in [4.78, 5) is 11.0. The molecule has 0 aromatic rings. The van der Waals surface area contributed by atoms with Gasteiger partial charge in [0.2, 0.25) is 0 Å². The molecule has 0 saturated carbocycles. The molecule has 0 aliphatic carbocycles. The number of alkyl halides is 1. The maximum atomic E-state index is 12.9. The van der Waals surface area contributed by atoms with E-state index in [1.807, 2.05) is 0 Å². The first-order valence-corrected chi connectivity index (χ1v) is 5.45. The Hall–Kier alpha value is -0.650. The quantitative estimate of drug-likeness (QED) is 0.731. The smallest absolute Gasteiger partial charge is 0.407 e. The zero-order chi connectivity index (χ0) is 11.9. The normalized spacial score (nSPS) is 13.2. The summed E-state index contributed by atoms with van der Waals surface area (Å²) in [6, 6.07) is 0. The minimum absolute atomic E-state index is 0. The van der Waals surface area contributed by atoms with Crippen LogP contribution < -0.4 is 11.5 Å². The van der Waals surface area contributed by atoms with Gasteiger partial charge in [-0.1, -0.05) is 0 Å². The molecule has 1 amide bonds. The first kappa shape index (κ1) is 17.7. The lowest BCUT2D eigenvalue weighted by molar-refractivity contribution is 0.0507. The molecule has 0 aromatic heterocycles. The van der Waals surface area contributed by atoms with Crippen molar-refractivity contribution in [2.75, 3.05) is 13.2 Å². The van der Waals surface area contributed by atoms with Crippen LogP contribution in [0.3, 0.4) is 0 Å². The molecule has 0 bridgehead atoms. The van der Waals surface area contributed by atoms with Gasteiger partial charge in [0, 0.05) is 0 Å².